The highest BCUT2D eigenvalue weighted by Gasteiger charge is 2.28. The first-order valence-electron chi connectivity index (χ1n) is 6.16. The lowest BCUT2D eigenvalue weighted by molar-refractivity contribution is -0.121. The molecule has 0 amide bonds. The molecule has 1 heterocycles. The second-order valence-electron chi connectivity index (χ2n) is 4.97. The van der Waals surface area contributed by atoms with Gasteiger partial charge in [0.05, 0.1) is 6.61 Å². The van der Waals surface area contributed by atoms with E-state index in [1.165, 1.54) is 12.8 Å². The molecule has 2 atom stereocenters. The van der Waals surface area contributed by atoms with Crippen LogP contribution in [0.25, 0.3) is 0 Å². The van der Waals surface area contributed by atoms with Crippen molar-refractivity contribution in [3.63, 3.8) is 0 Å². The Morgan fingerprint density at radius 3 is 2.93 bits per heavy atom. The molecule has 1 aliphatic carbocycles. The quantitative estimate of drug-likeness (QED) is 0.762. The highest BCUT2D eigenvalue weighted by molar-refractivity contribution is 5.79. The van der Waals surface area contributed by atoms with Gasteiger partial charge < -0.3 is 5.11 Å². The van der Waals surface area contributed by atoms with Crippen molar-refractivity contribution >= 4 is 5.78 Å². The molecule has 2 fully saturated rings. The van der Waals surface area contributed by atoms with E-state index >= 15 is 0 Å². The van der Waals surface area contributed by atoms with Crippen LogP contribution in [-0.4, -0.2) is 41.5 Å². The Morgan fingerprint density at radius 1 is 1.33 bits per heavy atom. The standard InChI is InChI=1S/C12H21NO2/c14-9-11-4-2-6-13(11)8-10-3-1-5-12(15)7-10/h10-11,14H,1-9H2. The molecule has 0 bridgehead atoms. The number of ketones is 1. The minimum absolute atomic E-state index is 0.278. The number of likely N-dealkylation sites (tertiary alicyclic amines) is 1. The van der Waals surface area contributed by atoms with Crippen molar-refractivity contribution < 1.29 is 9.90 Å². The molecule has 0 radical (unpaired) electrons. The smallest absolute Gasteiger partial charge is 0.133 e. The molecule has 0 aromatic rings. The van der Waals surface area contributed by atoms with E-state index in [2.05, 4.69) is 4.90 Å². The van der Waals surface area contributed by atoms with Gasteiger partial charge in [0.25, 0.3) is 0 Å². The van der Waals surface area contributed by atoms with Crippen molar-refractivity contribution in [2.45, 2.75) is 44.6 Å². The van der Waals surface area contributed by atoms with Crippen molar-refractivity contribution in [3.05, 3.63) is 0 Å². The average molecular weight is 211 g/mol. The van der Waals surface area contributed by atoms with E-state index in [1.54, 1.807) is 0 Å². The summed E-state index contributed by atoms with van der Waals surface area (Å²) in [6.07, 6.45) is 6.15. The molecule has 86 valence electrons. The summed E-state index contributed by atoms with van der Waals surface area (Å²) >= 11 is 0. The average Bonchev–Trinajstić information content (AvgIpc) is 2.65. The van der Waals surface area contributed by atoms with E-state index in [4.69, 9.17) is 0 Å². The second-order valence-corrected chi connectivity index (χ2v) is 4.97. The predicted octanol–water partition coefficient (Wildman–Crippen LogP) is 1.20. The third-order valence-electron chi connectivity index (χ3n) is 3.79. The topological polar surface area (TPSA) is 40.5 Å². The van der Waals surface area contributed by atoms with Crippen LogP contribution in [0.3, 0.4) is 0 Å². The van der Waals surface area contributed by atoms with Gasteiger partial charge in [0.1, 0.15) is 5.78 Å². The van der Waals surface area contributed by atoms with Crippen LogP contribution in [-0.2, 0) is 4.79 Å². The third-order valence-corrected chi connectivity index (χ3v) is 3.79. The molecule has 1 saturated carbocycles. The van der Waals surface area contributed by atoms with E-state index < -0.39 is 0 Å². The summed E-state index contributed by atoms with van der Waals surface area (Å²) in [5.41, 5.74) is 0. The molecule has 2 unspecified atom stereocenters. The zero-order chi connectivity index (χ0) is 10.7. The van der Waals surface area contributed by atoms with Crippen LogP contribution in [0.5, 0.6) is 0 Å². The van der Waals surface area contributed by atoms with E-state index in [1.807, 2.05) is 0 Å². The van der Waals surface area contributed by atoms with Gasteiger partial charge in [-0.15, -0.1) is 0 Å². The van der Waals surface area contributed by atoms with Crippen LogP contribution in [0.2, 0.25) is 0 Å². The normalized spacial score (nSPS) is 33.5. The first-order valence-corrected chi connectivity index (χ1v) is 6.16. The van der Waals surface area contributed by atoms with Crippen LogP contribution < -0.4 is 0 Å². The zero-order valence-electron chi connectivity index (χ0n) is 9.32. The number of Topliss-reactive ketones (excluding diaryl/α,β-unsaturated/α-hetero) is 1. The number of carbonyl (C=O) groups excluding carboxylic acids is 1. The third kappa shape index (κ3) is 2.79. The SMILES string of the molecule is O=C1CCCC(CN2CCCC2CO)C1. The van der Waals surface area contributed by atoms with Crippen LogP contribution in [0.15, 0.2) is 0 Å². The maximum absolute atomic E-state index is 11.3. The molecule has 0 spiro atoms. The largest absolute Gasteiger partial charge is 0.395 e. The maximum atomic E-state index is 11.3. The number of carbonyl (C=O) groups is 1. The van der Waals surface area contributed by atoms with Crippen molar-refractivity contribution in [1.29, 1.82) is 0 Å². The lowest BCUT2D eigenvalue weighted by atomic mass is 9.88. The highest BCUT2D eigenvalue weighted by atomic mass is 16.3. The lowest BCUT2D eigenvalue weighted by Crippen LogP contribution is -2.37. The van der Waals surface area contributed by atoms with Crippen molar-refractivity contribution in [2.24, 2.45) is 5.92 Å². The van der Waals surface area contributed by atoms with Gasteiger partial charge in [-0.1, -0.05) is 0 Å². The highest BCUT2D eigenvalue weighted by Crippen LogP contribution is 2.25. The number of aliphatic hydroxyl groups excluding tert-OH is 1. The first kappa shape index (κ1) is 11.1. The van der Waals surface area contributed by atoms with E-state index in [-0.39, 0.29) is 6.61 Å². The van der Waals surface area contributed by atoms with E-state index in [9.17, 15) is 9.90 Å². The van der Waals surface area contributed by atoms with Crippen molar-refractivity contribution in [2.75, 3.05) is 19.7 Å². The fraction of sp³-hybridized carbons (Fsp3) is 0.917. The second kappa shape index (κ2) is 5.08. The molecular weight excluding hydrogens is 190 g/mol. The summed E-state index contributed by atoms with van der Waals surface area (Å²) in [6.45, 7) is 2.41. The minimum Gasteiger partial charge on any atom is -0.395 e. The molecule has 2 rings (SSSR count). The molecule has 0 aromatic carbocycles. The molecule has 3 nitrogen and oxygen atoms in total. The Labute approximate surface area is 91.5 Å². The molecule has 1 aliphatic heterocycles. The number of hydrogen-bond acceptors (Lipinski definition) is 3. The van der Waals surface area contributed by atoms with Crippen molar-refractivity contribution in [3.8, 4) is 0 Å². The van der Waals surface area contributed by atoms with Crippen LogP contribution in [0, 0.1) is 5.92 Å². The molecule has 15 heavy (non-hydrogen) atoms. The van der Waals surface area contributed by atoms with Crippen molar-refractivity contribution in [1.82, 2.24) is 4.90 Å². The zero-order valence-corrected chi connectivity index (χ0v) is 9.32. The monoisotopic (exact) mass is 211 g/mol. The number of rotatable bonds is 3. The molecule has 0 aromatic heterocycles. The minimum atomic E-state index is 0.278. The number of nitrogens with zero attached hydrogens (tertiary/aromatic N) is 1. The van der Waals surface area contributed by atoms with Gasteiger partial charge in [-0.05, 0) is 38.1 Å². The Balaban J connectivity index is 1.82. The summed E-state index contributed by atoms with van der Waals surface area (Å²) in [5.74, 6) is 0.990. The van der Waals surface area contributed by atoms with Crippen LogP contribution in [0.4, 0.5) is 0 Å². The van der Waals surface area contributed by atoms with E-state index in [0.29, 0.717) is 17.7 Å². The fourth-order valence-electron chi connectivity index (χ4n) is 2.94. The Morgan fingerprint density at radius 2 is 2.20 bits per heavy atom. The van der Waals surface area contributed by atoms with Gasteiger partial charge in [0.15, 0.2) is 0 Å². The maximum Gasteiger partial charge on any atom is 0.133 e. The van der Waals surface area contributed by atoms with Gasteiger partial charge >= 0.3 is 0 Å². The summed E-state index contributed by atoms with van der Waals surface area (Å²) in [6, 6.07) is 0.363. The number of hydrogen-bond donors (Lipinski definition) is 1. The lowest BCUT2D eigenvalue weighted by Gasteiger charge is -2.29. The van der Waals surface area contributed by atoms with Crippen LogP contribution >= 0.6 is 0 Å². The van der Waals surface area contributed by atoms with Gasteiger partial charge in [-0.25, -0.2) is 0 Å². The molecule has 3 heteroatoms. The van der Waals surface area contributed by atoms with Gasteiger partial charge in [0.2, 0.25) is 0 Å². The summed E-state index contributed by atoms with van der Waals surface area (Å²) < 4.78 is 0. The molecular formula is C12H21NO2. The summed E-state index contributed by atoms with van der Waals surface area (Å²) in [4.78, 5) is 13.7. The Kier molecular flexibility index (Phi) is 3.76. The fourth-order valence-corrected chi connectivity index (χ4v) is 2.94. The molecule has 2 aliphatic rings. The summed E-state index contributed by atoms with van der Waals surface area (Å²) in [5, 5.41) is 9.21. The van der Waals surface area contributed by atoms with Gasteiger partial charge in [0, 0.05) is 25.4 Å². The van der Waals surface area contributed by atoms with Gasteiger partial charge in [-0.2, -0.15) is 0 Å². The Bertz CT molecular complexity index is 230. The predicted molar refractivity (Wildman–Crippen MR) is 58.6 cm³/mol. The van der Waals surface area contributed by atoms with Gasteiger partial charge in [-0.3, -0.25) is 9.69 Å². The molecule has 1 N–H and O–H groups in total. The molecule has 1 saturated heterocycles. The Hall–Kier alpha value is -0.410. The van der Waals surface area contributed by atoms with E-state index in [0.717, 1.165) is 38.8 Å². The number of aliphatic hydroxyl groups is 1. The first-order chi connectivity index (χ1) is 7.29. The summed E-state index contributed by atoms with van der Waals surface area (Å²) in [7, 11) is 0. The van der Waals surface area contributed by atoms with Crippen LogP contribution in [0.1, 0.15) is 38.5 Å².